The monoisotopic (exact) mass is 431 g/mol. The van der Waals surface area contributed by atoms with Crippen LogP contribution in [0, 0.1) is 11.8 Å². The van der Waals surface area contributed by atoms with E-state index >= 15 is 0 Å². The highest BCUT2D eigenvalue weighted by molar-refractivity contribution is 14.0. The third kappa shape index (κ3) is 7.90. The van der Waals surface area contributed by atoms with E-state index in [0.29, 0.717) is 11.9 Å². The molecule has 0 aliphatic heterocycles. The van der Waals surface area contributed by atoms with Crippen molar-refractivity contribution in [3.63, 3.8) is 0 Å². The average molecular weight is 431 g/mol. The second kappa shape index (κ2) is 10.7. The number of aliphatic imine (C=N–C) groups is 1. The molecule has 2 rings (SSSR count). The first kappa shape index (κ1) is 20.1. The molecule has 130 valence electrons. The second-order valence-corrected chi connectivity index (χ2v) is 6.55. The van der Waals surface area contributed by atoms with E-state index in [-0.39, 0.29) is 24.0 Å². The Bertz CT molecular complexity index is 470. The van der Waals surface area contributed by atoms with Gasteiger partial charge in [-0.15, -0.1) is 24.0 Å². The van der Waals surface area contributed by atoms with Crippen molar-refractivity contribution in [3.05, 3.63) is 29.8 Å². The van der Waals surface area contributed by atoms with Gasteiger partial charge in [-0.3, -0.25) is 4.99 Å². The van der Waals surface area contributed by atoms with E-state index in [1.165, 1.54) is 24.8 Å². The number of hydrogen-bond acceptors (Lipinski definition) is 2. The molecule has 4 nitrogen and oxygen atoms in total. The van der Waals surface area contributed by atoms with Gasteiger partial charge in [0.2, 0.25) is 0 Å². The maximum Gasteiger partial charge on any atom is 0.188 e. The number of guanidine groups is 1. The molecule has 0 heterocycles. The van der Waals surface area contributed by atoms with Crippen LogP contribution in [0.25, 0.3) is 0 Å². The van der Waals surface area contributed by atoms with Gasteiger partial charge in [0.15, 0.2) is 5.96 Å². The summed E-state index contributed by atoms with van der Waals surface area (Å²) in [5, 5.41) is 3.19. The smallest absolute Gasteiger partial charge is 0.188 e. The quantitative estimate of drug-likeness (QED) is 0.376. The summed E-state index contributed by atoms with van der Waals surface area (Å²) in [7, 11) is 0. The van der Waals surface area contributed by atoms with Crippen LogP contribution >= 0.6 is 24.0 Å². The fraction of sp³-hybridized carbons (Fsp3) is 0.611. The number of benzene rings is 1. The third-order valence-corrected chi connectivity index (χ3v) is 3.97. The molecule has 1 fully saturated rings. The average Bonchev–Trinajstić information content (AvgIpc) is 2.45. The lowest BCUT2D eigenvalue weighted by atomic mass is 9.86. The van der Waals surface area contributed by atoms with E-state index in [0.717, 1.165) is 37.8 Å². The first-order chi connectivity index (χ1) is 10.6. The fourth-order valence-corrected chi connectivity index (χ4v) is 2.31. The zero-order valence-corrected chi connectivity index (χ0v) is 16.6. The molecule has 0 amide bonds. The summed E-state index contributed by atoms with van der Waals surface area (Å²) < 4.78 is 5.68. The fourth-order valence-electron chi connectivity index (χ4n) is 2.31. The van der Waals surface area contributed by atoms with Crippen molar-refractivity contribution in [3.8, 4) is 5.75 Å². The Morgan fingerprint density at radius 3 is 2.57 bits per heavy atom. The molecule has 0 atom stereocenters. The van der Waals surface area contributed by atoms with Crippen LogP contribution in [-0.2, 0) is 6.42 Å². The predicted octanol–water partition coefficient (Wildman–Crippen LogP) is 3.59. The van der Waals surface area contributed by atoms with E-state index in [1.807, 2.05) is 12.1 Å². The number of nitrogens with zero attached hydrogens (tertiary/aromatic N) is 1. The minimum absolute atomic E-state index is 0. The number of rotatable bonds is 8. The summed E-state index contributed by atoms with van der Waals surface area (Å²) >= 11 is 0. The Morgan fingerprint density at radius 1 is 1.30 bits per heavy atom. The minimum atomic E-state index is 0. The van der Waals surface area contributed by atoms with Gasteiger partial charge in [0, 0.05) is 13.1 Å². The van der Waals surface area contributed by atoms with Gasteiger partial charge in [-0.2, -0.15) is 0 Å². The lowest BCUT2D eigenvalue weighted by molar-refractivity contribution is 0.271. The van der Waals surface area contributed by atoms with E-state index in [4.69, 9.17) is 10.5 Å². The highest BCUT2D eigenvalue weighted by Crippen LogP contribution is 2.26. The van der Waals surface area contributed by atoms with Gasteiger partial charge in [-0.1, -0.05) is 32.4 Å². The van der Waals surface area contributed by atoms with E-state index < -0.39 is 0 Å². The lowest BCUT2D eigenvalue weighted by Crippen LogP contribution is -2.34. The van der Waals surface area contributed by atoms with Crippen LogP contribution in [0.2, 0.25) is 0 Å². The van der Waals surface area contributed by atoms with E-state index in [9.17, 15) is 0 Å². The summed E-state index contributed by atoms with van der Waals surface area (Å²) in [6.45, 7) is 6.75. The van der Waals surface area contributed by atoms with Crippen LogP contribution in [0.3, 0.4) is 0 Å². The second-order valence-electron chi connectivity index (χ2n) is 6.55. The highest BCUT2D eigenvalue weighted by Gasteiger charge is 2.16. The predicted molar refractivity (Wildman–Crippen MR) is 108 cm³/mol. The van der Waals surface area contributed by atoms with Gasteiger partial charge in [0.05, 0.1) is 6.61 Å². The van der Waals surface area contributed by atoms with Gasteiger partial charge >= 0.3 is 0 Å². The van der Waals surface area contributed by atoms with Crippen molar-refractivity contribution in [1.82, 2.24) is 5.32 Å². The Morgan fingerprint density at radius 2 is 2.00 bits per heavy atom. The van der Waals surface area contributed by atoms with Crippen molar-refractivity contribution < 1.29 is 4.74 Å². The first-order valence-corrected chi connectivity index (χ1v) is 8.39. The molecule has 23 heavy (non-hydrogen) atoms. The minimum Gasteiger partial charge on any atom is -0.493 e. The van der Waals surface area contributed by atoms with Gasteiger partial charge in [-0.05, 0) is 48.8 Å². The molecule has 5 heteroatoms. The van der Waals surface area contributed by atoms with Gasteiger partial charge < -0.3 is 15.8 Å². The van der Waals surface area contributed by atoms with Crippen molar-refractivity contribution in [2.45, 2.75) is 39.5 Å². The highest BCUT2D eigenvalue weighted by atomic mass is 127. The maximum absolute atomic E-state index is 5.88. The Hall–Kier alpha value is -0.980. The molecule has 0 spiro atoms. The van der Waals surface area contributed by atoms with E-state index in [1.54, 1.807) is 0 Å². The molecule has 0 aromatic heterocycles. The Labute approximate surface area is 157 Å². The van der Waals surface area contributed by atoms with Crippen molar-refractivity contribution in [1.29, 1.82) is 0 Å². The summed E-state index contributed by atoms with van der Waals surface area (Å²) in [6.07, 6.45) is 4.90. The molecular weight excluding hydrogens is 401 g/mol. The molecule has 3 N–H and O–H groups in total. The van der Waals surface area contributed by atoms with Crippen LogP contribution in [0.1, 0.15) is 38.7 Å². The first-order valence-electron chi connectivity index (χ1n) is 8.39. The maximum atomic E-state index is 5.88. The molecule has 1 aromatic rings. The topological polar surface area (TPSA) is 59.6 Å². The summed E-state index contributed by atoms with van der Waals surface area (Å²) in [6, 6.07) is 8.29. The Balaban J connectivity index is 0.00000264. The van der Waals surface area contributed by atoms with Gasteiger partial charge in [0.1, 0.15) is 5.75 Å². The standard InChI is InChI=1S/C18H29N3O.HI/c1-14(2)13-22-17-8-6-15(7-9-17)10-11-20-18(19)21-12-16-4-3-5-16;/h6-9,14,16H,3-5,10-13H2,1-2H3,(H3,19,20,21);1H. The SMILES string of the molecule is CC(C)COc1ccc(CCNC(N)=NCC2CCC2)cc1.I. The van der Waals surface area contributed by atoms with Crippen molar-refractivity contribution in [2.24, 2.45) is 22.6 Å². The number of ether oxygens (including phenoxy) is 1. The van der Waals surface area contributed by atoms with E-state index in [2.05, 4.69) is 36.3 Å². The molecule has 0 unspecified atom stereocenters. The van der Waals surface area contributed by atoms with Crippen LogP contribution in [0.15, 0.2) is 29.3 Å². The molecule has 0 radical (unpaired) electrons. The molecule has 1 saturated carbocycles. The van der Waals surface area contributed by atoms with Crippen LogP contribution in [0.5, 0.6) is 5.75 Å². The molecule has 1 aliphatic rings. The number of nitrogens with one attached hydrogen (secondary N) is 1. The molecule has 1 aromatic carbocycles. The zero-order valence-electron chi connectivity index (χ0n) is 14.3. The Kier molecular flexibility index (Phi) is 9.36. The van der Waals surface area contributed by atoms with Crippen molar-refractivity contribution >= 4 is 29.9 Å². The molecule has 0 saturated heterocycles. The van der Waals surface area contributed by atoms with Gasteiger partial charge in [0.25, 0.3) is 0 Å². The largest absolute Gasteiger partial charge is 0.493 e. The van der Waals surface area contributed by atoms with Gasteiger partial charge in [-0.25, -0.2) is 0 Å². The van der Waals surface area contributed by atoms with Crippen LogP contribution in [0.4, 0.5) is 0 Å². The van der Waals surface area contributed by atoms with Crippen molar-refractivity contribution in [2.75, 3.05) is 19.7 Å². The third-order valence-electron chi connectivity index (χ3n) is 3.97. The number of halogens is 1. The normalized spacial score (nSPS) is 15.0. The summed E-state index contributed by atoms with van der Waals surface area (Å²) in [5.74, 6) is 2.82. The lowest BCUT2D eigenvalue weighted by Gasteiger charge is -2.23. The summed E-state index contributed by atoms with van der Waals surface area (Å²) in [5.41, 5.74) is 7.15. The molecule has 1 aliphatic carbocycles. The van der Waals surface area contributed by atoms with Crippen LogP contribution < -0.4 is 15.8 Å². The summed E-state index contributed by atoms with van der Waals surface area (Å²) in [4.78, 5) is 4.40. The molecule has 0 bridgehead atoms. The number of nitrogens with two attached hydrogens (primary N) is 1. The van der Waals surface area contributed by atoms with Crippen LogP contribution in [-0.4, -0.2) is 25.7 Å². The zero-order chi connectivity index (χ0) is 15.8. The molecular formula is C18H30IN3O. The number of hydrogen-bond donors (Lipinski definition) is 2.